The van der Waals surface area contributed by atoms with Crippen LogP contribution < -0.4 is 4.72 Å². The van der Waals surface area contributed by atoms with Gasteiger partial charge in [-0.2, -0.15) is 0 Å². The topological polar surface area (TPSA) is 92.4 Å². The molecule has 0 spiro atoms. The number of nitrogens with zero attached hydrogens (tertiary/aromatic N) is 1. The van der Waals surface area contributed by atoms with Crippen molar-refractivity contribution >= 4 is 10.0 Å². The minimum Gasteiger partial charge on any atom is -0.445 e. The lowest BCUT2D eigenvalue weighted by atomic mass is 10.1. The molecule has 6 nitrogen and oxygen atoms in total. The molecule has 0 amide bonds. The second-order valence-corrected chi connectivity index (χ2v) is 6.45. The Hall–Kier alpha value is -1.70. The molecule has 0 saturated heterocycles. The van der Waals surface area contributed by atoms with Gasteiger partial charge in [0.15, 0.2) is 0 Å². The van der Waals surface area contributed by atoms with Crippen LogP contribution in [0.15, 0.2) is 39.8 Å². The largest absolute Gasteiger partial charge is 0.445 e. The summed E-state index contributed by atoms with van der Waals surface area (Å²) in [5, 5.41) is 9.79. The van der Waals surface area contributed by atoms with Gasteiger partial charge in [-0.05, 0) is 31.0 Å². The van der Waals surface area contributed by atoms with Crippen LogP contribution in [0, 0.1) is 6.92 Å². The van der Waals surface area contributed by atoms with Crippen molar-refractivity contribution in [2.75, 3.05) is 0 Å². The first-order valence-electron chi connectivity index (χ1n) is 6.61. The first kappa shape index (κ1) is 15.7. The van der Waals surface area contributed by atoms with E-state index >= 15 is 0 Å². The van der Waals surface area contributed by atoms with Crippen LogP contribution in [0.1, 0.15) is 36.7 Å². The molecule has 0 aliphatic rings. The highest BCUT2D eigenvalue weighted by Crippen LogP contribution is 2.20. The fourth-order valence-electron chi connectivity index (χ4n) is 1.85. The van der Waals surface area contributed by atoms with Gasteiger partial charge in [0, 0.05) is 0 Å². The standard InChI is InChI=1S/C14H18N2O4S/c1-3-13(17)11-5-4-6-12(7-11)21(18,19)16-9-14-15-8-10(2)20-14/h4-8,13,16-17H,3,9H2,1-2H3. The number of aliphatic hydroxyl groups is 1. The van der Waals surface area contributed by atoms with Crippen LogP contribution in [-0.4, -0.2) is 18.5 Å². The Morgan fingerprint density at radius 2 is 2.19 bits per heavy atom. The van der Waals surface area contributed by atoms with E-state index in [1.54, 1.807) is 19.1 Å². The maximum atomic E-state index is 12.2. The second-order valence-electron chi connectivity index (χ2n) is 4.69. The third-order valence-electron chi connectivity index (χ3n) is 3.02. The van der Waals surface area contributed by atoms with E-state index in [-0.39, 0.29) is 11.4 Å². The van der Waals surface area contributed by atoms with Gasteiger partial charge in [0.1, 0.15) is 5.76 Å². The van der Waals surface area contributed by atoms with Gasteiger partial charge in [0.25, 0.3) is 0 Å². The lowest BCUT2D eigenvalue weighted by Gasteiger charge is -2.10. The highest BCUT2D eigenvalue weighted by molar-refractivity contribution is 7.89. The molecule has 0 bridgehead atoms. The monoisotopic (exact) mass is 310 g/mol. The molecule has 2 rings (SSSR count). The predicted octanol–water partition coefficient (Wildman–Crippen LogP) is 1.90. The quantitative estimate of drug-likeness (QED) is 0.850. The summed E-state index contributed by atoms with van der Waals surface area (Å²) in [5.41, 5.74) is 0.576. The molecule has 21 heavy (non-hydrogen) atoms. The molecule has 1 aromatic heterocycles. The third kappa shape index (κ3) is 3.90. The molecule has 1 aromatic carbocycles. The van der Waals surface area contributed by atoms with Crippen molar-refractivity contribution in [2.45, 2.75) is 37.8 Å². The van der Waals surface area contributed by atoms with Gasteiger partial charge in [0.05, 0.1) is 23.7 Å². The van der Waals surface area contributed by atoms with Crippen LogP contribution in [0.25, 0.3) is 0 Å². The Labute approximate surface area is 123 Å². The summed E-state index contributed by atoms with van der Waals surface area (Å²) in [6.45, 7) is 3.55. The summed E-state index contributed by atoms with van der Waals surface area (Å²) >= 11 is 0. The molecule has 114 valence electrons. The smallest absolute Gasteiger partial charge is 0.241 e. The Bertz CT molecular complexity index is 709. The van der Waals surface area contributed by atoms with Crippen LogP contribution in [0.3, 0.4) is 0 Å². The number of aliphatic hydroxyl groups excluding tert-OH is 1. The number of oxazole rings is 1. The first-order valence-corrected chi connectivity index (χ1v) is 8.09. The van der Waals surface area contributed by atoms with Gasteiger partial charge in [-0.25, -0.2) is 18.1 Å². The highest BCUT2D eigenvalue weighted by Gasteiger charge is 2.16. The van der Waals surface area contributed by atoms with E-state index in [0.29, 0.717) is 23.6 Å². The van der Waals surface area contributed by atoms with E-state index in [1.807, 2.05) is 6.92 Å². The summed E-state index contributed by atoms with van der Waals surface area (Å²) in [7, 11) is -3.67. The van der Waals surface area contributed by atoms with Crippen LogP contribution in [0.4, 0.5) is 0 Å². The molecule has 2 N–H and O–H groups in total. The maximum absolute atomic E-state index is 12.2. The van der Waals surface area contributed by atoms with Crippen molar-refractivity contribution in [3.8, 4) is 0 Å². The molecule has 0 saturated carbocycles. The molecule has 7 heteroatoms. The lowest BCUT2D eigenvalue weighted by molar-refractivity contribution is 0.173. The van der Waals surface area contributed by atoms with Crippen LogP contribution in [-0.2, 0) is 16.6 Å². The number of hydrogen-bond donors (Lipinski definition) is 2. The van der Waals surface area contributed by atoms with E-state index in [4.69, 9.17) is 4.42 Å². The molecule has 1 unspecified atom stereocenters. The van der Waals surface area contributed by atoms with E-state index in [1.165, 1.54) is 18.3 Å². The number of nitrogens with one attached hydrogen (secondary N) is 1. The van der Waals surface area contributed by atoms with Gasteiger partial charge in [-0.3, -0.25) is 0 Å². The molecule has 1 atom stereocenters. The average molecular weight is 310 g/mol. The van der Waals surface area contributed by atoms with Gasteiger partial charge in [-0.15, -0.1) is 0 Å². The molecule has 0 fully saturated rings. The summed E-state index contributed by atoms with van der Waals surface area (Å²) in [6, 6.07) is 6.26. The summed E-state index contributed by atoms with van der Waals surface area (Å²) in [6.07, 6.45) is 1.38. The molecule has 0 aliphatic heterocycles. The zero-order valence-electron chi connectivity index (χ0n) is 11.9. The summed E-state index contributed by atoms with van der Waals surface area (Å²) in [4.78, 5) is 4.05. The van der Waals surface area contributed by atoms with Gasteiger partial charge < -0.3 is 9.52 Å². The third-order valence-corrected chi connectivity index (χ3v) is 4.42. The number of rotatable bonds is 6. The number of hydrogen-bond acceptors (Lipinski definition) is 5. The van der Waals surface area contributed by atoms with Crippen LogP contribution in [0.5, 0.6) is 0 Å². The first-order chi connectivity index (χ1) is 9.92. The molecule has 0 radical (unpaired) electrons. The number of benzene rings is 1. The van der Waals surface area contributed by atoms with E-state index in [0.717, 1.165) is 0 Å². The Morgan fingerprint density at radius 1 is 1.43 bits per heavy atom. The van der Waals surface area contributed by atoms with E-state index < -0.39 is 16.1 Å². The van der Waals surface area contributed by atoms with Crippen molar-refractivity contribution in [2.24, 2.45) is 0 Å². The minimum absolute atomic E-state index is 0.0171. The van der Waals surface area contributed by atoms with E-state index in [2.05, 4.69) is 9.71 Å². The number of aromatic nitrogens is 1. The lowest BCUT2D eigenvalue weighted by Crippen LogP contribution is -2.23. The van der Waals surface area contributed by atoms with Gasteiger partial charge >= 0.3 is 0 Å². The van der Waals surface area contributed by atoms with Crippen molar-refractivity contribution in [1.82, 2.24) is 9.71 Å². The minimum atomic E-state index is -3.67. The predicted molar refractivity (Wildman–Crippen MR) is 77.0 cm³/mol. The molecule has 0 aliphatic carbocycles. The molecule has 1 heterocycles. The second kappa shape index (κ2) is 6.38. The zero-order chi connectivity index (χ0) is 15.5. The molecular formula is C14H18N2O4S. The van der Waals surface area contributed by atoms with E-state index in [9.17, 15) is 13.5 Å². The SMILES string of the molecule is CCC(O)c1cccc(S(=O)(=O)NCc2ncc(C)o2)c1. The maximum Gasteiger partial charge on any atom is 0.241 e. The number of aryl methyl sites for hydroxylation is 1. The zero-order valence-corrected chi connectivity index (χ0v) is 12.7. The van der Waals surface area contributed by atoms with Crippen molar-refractivity contribution < 1.29 is 17.9 Å². The van der Waals surface area contributed by atoms with Gasteiger partial charge in [0.2, 0.25) is 15.9 Å². The summed E-state index contributed by atoms with van der Waals surface area (Å²) < 4.78 is 32.1. The Balaban J connectivity index is 2.15. The van der Waals surface area contributed by atoms with Crippen molar-refractivity contribution in [3.05, 3.63) is 47.7 Å². The Morgan fingerprint density at radius 3 is 2.81 bits per heavy atom. The highest BCUT2D eigenvalue weighted by atomic mass is 32.2. The number of sulfonamides is 1. The molecule has 2 aromatic rings. The fraction of sp³-hybridized carbons (Fsp3) is 0.357. The average Bonchev–Trinajstić information content (AvgIpc) is 2.90. The Kier molecular flexibility index (Phi) is 4.76. The van der Waals surface area contributed by atoms with Crippen molar-refractivity contribution in [3.63, 3.8) is 0 Å². The van der Waals surface area contributed by atoms with Crippen molar-refractivity contribution in [1.29, 1.82) is 0 Å². The van der Waals surface area contributed by atoms with Gasteiger partial charge in [-0.1, -0.05) is 19.1 Å². The fourth-order valence-corrected chi connectivity index (χ4v) is 2.88. The van der Waals surface area contributed by atoms with Crippen LogP contribution in [0.2, 0.25) is 0 Å². The normalized spacial score (nSPS) is 13.3. The van der Waals surface area contributed by atoms with Crippen LogP contribution >= 0.6 is 0 Å². The molecular weight excluding hydrogens is 292 g/mol. The summed E-state index contributed by atoms with van der Waals surface area (Å²) in [5.74, 6) is 0.929.